The number of aryl methyl sites for hydroxylation is 5. The van der Waals surface area contributed by atoms with Gasteiger partial charge < -0.3 is 23.9 Å². The molecule has 3 aromatic carbocycles. The fraction of sp³-hybridized carbons (Fsp3) is 0.273. The van der Waals surface area contributed by atoms with Gasteiger partial charge in [-0.1, -0.05) is 29.3 Å². The van der Waals surface area contributed by atoms with Crippen LogP contribution in [0.4, 0.5) is 5.69 Å². The number of fused-ring (bicyclic) bond motifs is 4. The Morgan fingerprint density at radius 2 is 1.70 bits per heavy atom. The third kappa shape index (κ3) is 6.30. The summed E-state index contributed by atoms with van der Waals surface area (Å²) in [7, 11) is 1.92. The van der Waals surface area contributed by atoms with Gasteiger partial charge in [-0.25, -0.2) is 4.79 Å². The van der Waals surface area contributed by atoms with Crippen LogP contribution < -0.4 is 9.64 Å². The standard InChI is InChI=1S/C44H42Cl2N6O4/c1-24-18-31(19-25(2)40(24)46)56-17-7-8-32-33-10-11-35(45)39(38-27(4)48-49(6)28(38)5)41(33)52-26(3)21-51(43(53)42(32)52)37-23-50(22-29-13-15-47-16-14-29)36-12-9-30(44(54)55)20-34(36)37/h9-16,18-20,23,26H,7-8,17,21-22H2,1-6H3,(H,54,55). The van der Waals surface area contributed by atoms with Crippen LogP contribution in [0, 0.1) is 27.7 Å². The summed E-state index contributed by atoms with van der Waals surface area (Å²) >= 11 is 13.6. The van der Waals surface area contributed by atoms with Gasteiger partial charge in [-0.3, -0.25) is 14.5 Å². The van der Waals surface area contributed by atoms with Crippen LogP contribution in [0.1, 0.15) is 73.9 Å². The zero-order chi connectivity index (χ0) is 39.6. The van der Waals surface area contributed by atoms with Gasteiger partial charge in [0.25, 0.3) is 5.91 Å². The van der Waals surface area contributed by atoms with Crippen molar-refractivity contribution in [1.82, 2.24) is 23.9 Å². The van der Waals surface area contributed by atoms with Gasteiger partial charge in [-0.2, -0.15) is 5.10 Å². The lowest BCUT2D eigenvalue weighted by Crippen LogP contribution is -2.42. The van der Waals surface area contributed by atoms with E-state index in [0.29, 0.717) is 54.3 Å². The predicted molar refractivity (Wildman–Crippen MR) is 222 cm³/mol. The highest BCUT2D eigenvalue weighted by atomic mass is 35.5. The van der Waals surface area contributed by atoms with E-state index in [9.17, 15) is 9.90 Å². The van der Waals surface area contributed by atoms with E-state index in [1.807, 2.05) is 93.0 Å². The Morgan fingerprint density at radius 3 is 2.38 bits per heavy atom. The fourth-order valence-electron chi connectivity index (χ4n) is 8.38. The Hall–Kier alpha value is -5.58. The summed E-state index contributed by atoms with van der Waals surface area (Å²) in [6, 6.07) is 16.7. The second-order valence-electron chi connectivity index (χ2n) is 14.8. The second kappa shape index (κ2) is 14.5. The SMILES string of the molecule is Cc1cc(OCCCc2c3n(c4c(-c5c(C)nn(C)c5C)c(Cl)ccc24)C(C)CN(c2cn(Cc4ccncc4)c4ccc(C(=O)O)cc24)C3=O)cc(C)c1Cl. The summed E-state index contributed by atoms with van der Waals surface area (Å²) in [4.78, 5) is 33.5. The summed E-state index contributed by atoms with van der Waals surface area (Å²) in [5.74, 6) is -0.439. The first-order valence-corrected chi connectivity index (χ1v) is 19.4. The molecule has 1 atom stereocenters. The Bertz CT molecular complexity index is 2690. The number of hydrogen-bond acceptors (Lipinski definition) is 5. The van der Waals surface area contributed by atoms with E-state index in [1.165, 1.54) is 0 Å². The molecule has 1 aliphatic rings. The molecule has 286 valence electrons. The van der Waals surface area contributed by atoms with Crippen molar-refractivity contribution in [1.29, 1.82) is 0 Å². The number of pyridine rings is 1. The van der Waals surface area contributed by atoms with Gasteiger partial charge in [-0.05, 0) is 118 Å². The molecule has 5 heterocycles. The van der Waals surface area contributed by atoms with Gasteiger partial charge >= 0.3 is 5.97 Å². The Morgan fingerprint density at radius 1 is 0.964 bits per heavy atom. The number of carbonyl (C=O) groups is 2. The molecule has 0 aliphatic carbocycles. The third-order valence-electron chi connectivity index (χ3n) is 11.1. The van der Waals surface area contributed by atoms with E-state index in [0.717, 1.165) is 72.0 Å². The first-order chi connectivity index (χ1) is 26.8. The van der Waals surface area contributed by atoms with Crippen LogP contribution in [-0.2, 0) is 20.0 Å². The monoisotopic (exact) mass is 788 g/mol. The molecule has 1 unspecified atom stereocenters. The first kappa shape index (κ1) is 37.3. The molecule has 0 bridgehead atoms. The third-order valence-corrected chi connectivity index (χ3v) is 12.0. The minimum Gasteiger partial charge on any atom is -0.494 e. The van der Waals surface area contributed by atoms with Crippen LogP contribution in [0.5, 0.6) is 5.75 Å². The Kier molecular flexibility index (Phi) is 9.66. The molecule has 1 N–H and O–H groups in total. The van der Waals surface area contributed by atoms with E-state index in [4.69, 9.17) is 33.0 Å². The normalized spacial score (nSPS) is 14.2. The summed E-state index contributed by atoms with van der Waals surface area (Å²) < 4.78 is 12.3. The van der Waals surface area contributed by atoms with Crippen molar-refractivity contribution >= 4 is 62.6 Å². The summed E-state index contributed by atoms with van der Waals surface area (Å²) in [5.41, 5.74) is 10.6. The summed E-state index contributed by atoms with van der Waals surface area (Å²) in [6.07, 6.45) is 6.67. The maximum absolute atomic E-state index is 15.3. The molecule has 0 spiro atoms. The molecular formula is C44H42Cl2N6O4. The number of carbonyl (C=O) groups excluding carboxylic acids is 1. The van der Waals surface area contributed by atoms with Gasteiger partial charge in [0, 0.05) is 77.4 Å². The number of anilines is 1. The van der Waals surface area contributed by atoms with Crippen LogP contribution in [-0.4, -0.2) is 54.0 Å². The van der Waals surface area contributed by atoms with Crippen molar-refractivity contribution in [2.24, 2.45) is 7.05 Å². The van der Waals surface area contributed by atoms with Gasteiger partial charge in [0.1, 0.15) is 11.4 Å². The quantitative estimate of drug-likeness (QED) is 0.138. The number of ether oxygens (including phenoxy) is 1. The summed E-state index contributed by atoms with van der Waals surface area (Å²) in [5, 5.41) is 17.7. The zero-order valence-corrected chi connectivity index (χ0v) is 33.7. The number of carboxylic acid groups (broad SMARTS) is 1. The van der Waals surface area contributed by atoms with Crippen LogP contribution >= 0.6 is 23.2 Å². The van der Waals surface area contributed by atoms with Crippen LogP contribution in [0.25, 0.3) is 32.9 Å². The fourth-order valence-corrected chi connectivity index (χ4v) is 8.74. The molecule has 4 aromatic heterocycles. The smallest absolute Gasteiger partial charge is 0.335 e. The van der Waals surface area contributed by atoms with Crippen molar-refractivity contribution in [3.05, 3.63) is 128 Å². The minimum atomic E-state index is -1.03. The molecule has 0 fully saturated rings. The number of halogens is 2. The lowest BCUT2D eigenvalue weighted by atomic mass is 9.98. The molecule has 12 heteroatoms. The van der Waals surface area contributed by atoms with Crippen molar-refractivity contribution < 1.29 is 19.4 Å². The van der Waals surface area contributed by atoms with E-state index in [1.54, 1.807) is 24.5 Å². The van der Waals surface area contributed by atoms with Gasteiger partial charge in [-0.15, -0.1) is 0 Å². The predicted octanol–water partition coefficient (Wildman–Crippen LogP) is 9.91. The van der Waals surface area contributed by atoms with E-state index < -0.39 is 5.97 Å². The zero-order valence-electron chi connectivity index (χ0n) is 32.2. The molecular weight excluding hydrogens is 747 g/mol. The Balaban J connectivity index is 1.27. The maximum Gasteiger partial charge on any atom is 0.335 e. The number of aromatic carboxylic acids is 1. The highest BCUT2D eigenvalue weighted by molar-refractivity contribution is 6.35. The molecule has 1 aliphatic heterocycles. The number of carboxylic acids is 1. The maximum atomic E-state index is 15.3. The minimum absolute atomic E-state index is 0.153. The first-order valence-electron chi connectivity index (χ1n) is 18.7. The second-order valence-corrected chi connectivity index (χ2v) is 15.6. The van der Waals surface area contributed by atoms with Crippen molar-refractivity contribution in [2.75, 3.05) is 18.1 Å². The molecule has 0 saturated heterocycles. The topological polar surface area (TPSA) is 107 Å². The lowest BCUT2D eigenvalue weighted by molar-refractivity contribution is 0.0696. The Labute approximate surface area is 334 Å². The molecule has 7 aromatic rings. The molecule has 0 saturated carbocycles. The number of nitrogens with zero attached hydrogens (tertiary/aromatic N) is 6. The van der Waals surface area contributed by atoms with Gasteiger partial charge in [0.05, 0.1) is 39.6 Å². The highest BCUT2D eigenvalue weighted by Crippen LogP contribution is 2.46. The van der Waals surface area contributed by atoms with Crippen molar-refractivity contribution in [3.63, 3.8) is 0 Å². The van der Waals surface area contributed by atoms with Crippen LogP contribution in [0.3, 0.4) is 0 Å². The van der Waals surface area contributed by atoms with Gasteiger partial charge in [0.15, 0.2) is 0 Å². The molecule has 10 nitrogen and oxygen atoms in total. The molecule has 0 radical (unpaired) electrons. The van der Waals surface area contributed by atoms with Crippen molar-refractivity contribution in [2.45, 2.75) is 60.0 Å². The molecule has 8 rings (SSSR count). The lowest BCUT2D eigenvalue weighted by Gasteiger charge is -2.34. The largest absolute Gasteiger partial charge is 0.494 e. The number of benzene rings is 3. The number of rotatable bonds is 10. The van der Waals surface area contributed by atoms with E-state index in [-0.39, 0.29) is 17.5 Å². The van der Waals surface area contributed by atoms with Crippen LogP contribution in [0.2, 0.25) is 10.0 Å². The van der Waals surface area contributed by atoms with E-state index in [2.05, 4.69) is 21.0 Å². The average molecular weight is 790 g/mol. The van der Waals surface area contributed by atoms with Gasteiger partial charge in [0.2, 0.25) is 0 Å². The number of aromatic nitrogens is 5. The van der Waals surface area contributed by atoms with E-state index >= 15 is 4.79 Å². The summed E-state index contributed by atoms with van der Waals surface area (Å²) in [6.45, 7) is 11.4. The van der Waals surface area contributed by atoms with Crippen LogP contribution in [0.15, 0.2) is 73.2 Å². The molecule has 56 heavy (non-hydrogen) atoms. The average Bonchev–Trinajstić information content (AvgIpc) is 3.78. The number of amides is 1. The highest BCUT2D eigenvalue weighted by Gasteiger charge is 2.38. The number of hydrogen-bond donors (Lipinski definition) is 1. The van der Waals surface area contributed by atoms with Crippen molar-refractivity contribution in [3.8, 4) is 16.9 Å². The molecule has 1 amide bonds.